The Bertz CT molecular complexity index is 199. The second-order valence-corrected chi connectivity index (χ2v) is 1.89. The summed E-state index contributed by atoms with van der Waals surface area (Å²) >= 11 is 0. The molecule has 1 aromatic carbocycles. The van der Waals surface area contributed by atoms with Crippen LogP contribution in [0.5, 0.6) is 0 Å². The molecule has 0 aromatic heterocycles. The molecule has 2 nitrogen and oxygen atoms in total. The van der Waals surface area contributed by atoms with Crippen molar-refractivity contribution < 1.29 is 9.53 Å². The smallest absolute Gasteiger partial charge is 0.293 e. The summed E-state index contributed by atoms with van der Waals surface area (Å²) in [5.41, 5.74) is 1.01. The van der Waals surface area contributed by atoms with Crippen LogP contribution in [0.2, 0.25) is 0 Å². The van der Waals surface area contributed by atoms with Gasteiger partial charge in [0, 0.05) is 51.4 Å². The van der Waals surface area contributed by atoms with Crippen LogP contribution in [0, 0.1) is 0 Å². The van der Waals surface area contributed by atoms with Crippen LogP contribution < -0.4 is 0 Å². The van der Waals surface area contributed by atoms with E-state index in [1.54, 1.807) is 0 Å². The predicted molar refractivity (Wildman–Crippen MR) is 43.0 cm³/mol. The summed E-state index contributed by atoms with van der Waals surface area (Å²) in [5, 5.41) is 0. The maximum Gasteiger partial charge on any atom is 0.293 e. The van der Waals surface area contributed by atoms with Gasteiger partial charge in [-0.3, -0.25) is 4.79 Å². The Morgan fingerprint density at radius 3 is 2.45 bits per heavy atom. The normalized spacial score (nSPS) is 8.00. The number of carbonyl (C=O) groups excluding carboxylic acids is 1. The van der Waals surface area contributed by atoms with E-state index in [-0.39, 0.29) is 51.4 Å². The molecule has 0 saturated carbocycles. The average Bonchev–Trinajstić information content (AvgIpc) is 2.03. The number of hydrogen-bond donors (Lipinski definition) is 0. The van der Waals surface area contributed by atoms with Crippen molar-refractivity contribution >= 4 is 57.9 Å². The van der Waals surface area contributed by atoms with E-state index in [1.165, 1.54) is 0 Å². The third-order valence-corrected chi connectivity index (χ3v) is 1.16. The molecule has 0 unspecified atom stereocenters. The van der Waals surface area contributed by atoms with Gasteiger partial charge in [-0.15, -0.1) is 0 Å². The third-order valence-electron chi connectivity index (χ3n) is 1.16. The fourth-order valence-electron chi connectivity index (χ4n) is 0.704. The minimum atomic E-state index is 0. The van der Waals surface area contributed by atoms with Gasteiger partial charge in [0.15, 0.2) is 0 Å². The molecule has 1 rings (SSSR count). The minimum Gasteiger partial charge on any atom is -0.463 e. The summed E-state index contributed by atoms with van der Waals surface area (Å²) in [6, 6.07) is 9.55. The largest absolute Gasteiger partial charge is 0.463 e. The predicted octanol–water partition coefficient (Wildman–Crippen LogP) is 0.979. The van der Waals surface area contributed by atoms with Gasteiger partial charge in [0.05, 0.1) is 0 Å². The molecule has 0 saturated heterocycles. The fraction of sp³-hybridized carbons (Fsp3) is 0.125. The van der Waals surface area contributed by atoms with E-state index in [2.05, 4.69) is 4.74 Å². The van der Waals surface area contributed by atoms with Crippen molar-refractivity contribution in [1.29, 1.82) is 0 Å². The zero-order valence-electron chi connectivity index (χ0n) is 6.49. The molecule has 3 heteroatoms. The van der Waals surface area contributed by atoms with Gasteiger partial charge in [-0.2, -0.15) is 0 Å². The number of rotatable bonds is 3. The number of benzene rings is 1. The summed E-state index contributed by atoms with van der Waals surface area (Å²) < 4.78 is 4.54. The summed E-state index contributed by atoms with van der Waals surface area (Å²) in [7, 11) is 0. The van der Waals surface area contributed by atoms with E-state index in [4.69, 9.17) is 0 Å². The molecule has 0 aliphatic rings. The number of ether oxygens (including phenoxy) is 1. The number of hydrogen-bond acceptors (Lipinski definition) is 2. The molecule has 11 heavy (non-hydrogen) atoms. The van der Waals surface area contributed by atoms with Gasteiger partial charge in [0.1, 0.15) is 6.61 Å². The first-order valence-electron chi connectivity index (χ1n) is 3.02. The Labute approximate surface area is 108 Å². The number of carbonyl (C=O) groups is 1. The van der Waals surface area contributed by atoms with Crippen LogP contribution in [0.15, 0.2) is 30.3 Å². The first-order chi connectivity index (χ1) is 4.93. The second kappa shape index (κ2) is 7.00. The molecule has 1 aromatic rings. The van der Waals surface area contributed by atoms with Crippen molar-refractivity contribution in [2.75, 3.05) is 0 Å². The van der Waals surface area contributed by atoms with Crippen molar-refractivity contribution in [1.82, 2.24) is 0 Å². The molecule has 0 bridgehead atoms. The molecular formula is C8H8KO2. The summed E-state index contributed by atoms with van der Waals surface area (Å²) in [6.45, 7) is 0.817. The van der Waals surface area contributed by atoms with E-state index < -0.39 is 0 Å². The van der Waals surface area contributed by atoms with Crippen molar-refractivity contribution in [3.8, 4) is 0 Å². The average molecular weight is 175 g/mol. The Balaban J connectivity index is 0.000001000. The third kappa shape index (κ3) is 4.71. The fourth-order valence-corrected chi connectivity index (χ4v) is 0.704. The first-order valence-corrected chi connectivity index (χ1v) is 3.02. The van der Waals surface area contributed by atoms with Gasteiger partial charge >= 0.3 is 0 Å². The van der Waals surface area contributed by atoms with Gasteiger partial charge in [-0.1, -0.05) is 30.3 Å². The molecule has 0 heterocycles. The maximum absolute atomic E-state index is 9.76. The molecule has 0 N–H and O–H groups in total. The van der Waals surface area contributed by atoms with Crippen LogP contribution in [0.25, 0.3) is 0 Å². The minimum absolute atomic E-state index is 0. The molecule has 53 valence electrons. The summed E-state index contributed by atoms with van der Waals surface area (Å²) in [6.07, 6.45) is 0. The standard InChI is InChI=1S/C8H8O2.K/c9-7-10-6-8-4-2-1-3-5-8;/h1-5,7H,6H2;. The van der Waals surface area contributed by atoms with Crippen LogP contribution >= 0.6 is 0 Å². The maximum atomic E-state index is 9.76. The van der Waals surface area contributed by atoms with Crippen molar-refractivity contribution in [2.45, 2.75) is 6.61 Å². The van der Waals surface area contributed by atoms with Crippen LogP contribution in [0.4, 0.5) is 0 Å². The van der Waals surface area contributed by atoms with Gasteiger partial charge in [-0.05, 0) is 5.56 Å². The molecule has 0 fully saturated rings. The quantitative estimate of drug-likeness (QED) is 0.505. The molecular weight excluding hydrogens is 167 g/mol. The zero-order chi connectivity index (χ0) is 7.23. The van der Waals surface area contributed by atoms with Crippen molar-refractivity contribution in [2.24, 2.45) is 0 Å². The van der Waals surface area contributed by atoms with E-state index in [9.17, 15) is 4.79 Å². The van der Waals surface area contributed by atoms with Gasteiger partial charge in [0.25, 0.3) is 6.47 Å². The van der Waals surface area contributed by atoms with Crippen molar-refractivity contribution in [3.63, 3.8) is 0 Å². The van der Waals surface area contributed by atoms with Gasteiger partial charge in [0.2, 0.25) is 0 Å². The van der Waals surface area contributed by atoms with Crippen LogP contribution in [-0.2, 0) is 16.1 Å². The molecule has 0 aliphatic carbocycles. The molecule has 0 atom stereocenters. The topological polar surface area (TPSA) is 26.3 Å². The van der Waals surface area contributed by atoms with Gasteiger partial charge in [-0.25, -0.2) is 0 Å². The Kier molecular flexibility index (Phi) is 7.21. The Morgan fingerprint density at radius 2 is 1.91 bits per heavy atom. The van der Waals surface area contributed by atoms with Crippen LogP contribution in [0.1, 0.15) is 5.56 Å². The summed E-state index contributed by atoms with van der Waals surface area (Å²) in [4.78, 5) is 9.76. The SMILES string of the molecule is O=COCc1ccccc1.[K]. The van der Waals surface area contributed by atoms with Gasteiger partial charge < -0.3 is 4.74 Å². The van der Waals surface area contributed by atoms with E-state index >= 15 is 0 Å². The monoisotopic (exact) mass is 175 g/mol. The van der Waals surface area contributed by atoms with E-state index in [0.717, 1.165) is 5.56 Å². The molecule has 1 radical (unpaired) electrons. The molecule has 0 amide bonds. The van der Waals surface area contributed by atoms with E-state index in [1.807, 2.05) is 30.3 Å². The zero-order valence-corrected chi connectivity index (χ0v) is 9.61. The summed E-state index contributed by atoms with van der Waals surface area (Å²) in [5.74, 6) is 0. The van der Waals surface area contributed by atoms with Crippen LogP contribution in [0.3, 0.4) is 0 Å². The Hall–Kier alpha value is 0.326. The first kappa shape index (κ1) is 11.3. The van der Waals surface area contributed by atoms with Crippen molar-refractivity contribution in [3.05, 3.63) is 35.9 Å². The van der Waals surface area contributed by atoms with E-state index in [0.29, 0.717) is 13.1 Å². The second-order valence-electron chi connectivity index (χ2n) is 1.89. The molecule has 0 aliphatic heterocycles. The molecule has 0 spiro atoms. The van der Waals surface area contributed by atoms with Crippen LogP contribution in [-0.4, -0.2) is 57.9 Å². The Morgan fingerprint density at radius 1 is 1.27 bits per heavy atom.